The van der Waals surface area contributed by atoms with E-state index in [0.29, 0.717) is 139 Å². The maximum atomic E-state index is 12.0. The molecule has 1 unspecified atom stereocenters. The lowest BCUT2D eigenvalue weighted by molar-refractivity contribution is -0.150. The zero-order chi connectivity index (χ0) is 36.3. The van der Waals surface area contributed by atoms with Gasteiger partial charge in [-0.05, 0) is 19.3 Å². The Labute approximate surface area is 303 Å². The van der Waals surface area contributed by atoms with Crippen molar-refractivity contribution in [1.29, 1.82) is 0 Å². The summed E-state index contributed by atoms with van der Waals surface area (Å²) in [5.41, 5.74) is 0. The van der Waals surface area contributed by atoms with Gasteiger partial charge in [-0.2, -0.15) is 0 Å². The summed E-state index contributed by atoms with van der Waals surface area (Å²) in [4.78, 5) is 12.0. The van der Waals surface area contributed by atoms with Gasteiger partial charge in [0, 0.05) is 6.61 Å². The van der Waals surface area contributed by atoms with Crippen LogP contribution in [0.15, 0.2) is 0 Å². The van der Waals surface area contributed by atoms with Gasteiger partial charge < -0.3 is 56.8 Å². The average molecular weight is 727 g/mol. The molecule has 0 fully saturated rings. The van der Waals surface area contributed by atoms with Crippen molar-refractivity contribution in [2.75, 3.05) is 152 Å². The van der Waals surface area contributed by atoms with E-state index in [1.165, 1.54) is 25.7 Å². The van der Waals surface area contributed by atoms with Crippen LogP contribution >= 0.6 is 0 Å². The van der Waals surface area contributed by atoms with Crippen molar-refractivity contribution >= 4 is 5.97 Å². The molecule has 0 aliphatic heterocycles. The largest absolute Gasteiger partial charge is 0.463 e. The van der Waals surface area contributed by atoms with Gasteiger partial charge in [-0.15, -0.1) is 0 Å². The third kappa shape index (κ3) is 39.8. The van der Waals surface area contributed by atoms with E-state index in [0.717, 1.165) is 38.7 Å². The summed E-state index contributed by atoms with van der Waals surface area (Å²) in [6, 6.07) is 0. The maximum Gasteiger partial charge on any atom is 0.308 e. The molecule has 0 bridgehead atoms. The second kappa shape index (κ2) is 44.2. The minimum atomic E-state index is -0.119. The summed E-state index contributed by atoms with van der Waals surface area (Å²) in [5, 5.41) is 0. The van der Waals surface area contributed by atoms with Gasteiger partial charge in [0.05, 0.1) is 145 Å². The fourth-order valence-electron chi connectivity index (χ4n) is 4.37. The van der Waals surface area contributed by atoms with Crippen molar-refractivity contribution in [3.8, 4) is 0 Å². The molecule has 1 atom stereocenters. The molecule has 0 aliphatic rings. The monoisotopic (exact) mass is 727 g/mol. The maximum absolute atomic E-state index is 12.0. The normalized spacial score (nSPS) is 12.1. The van der Waals surface area contributed by atoms with Crippen LogP contribution in [0.1, 0.15) is 78.6 Å². The van der Waals surface area contributed by atoms with Crippen LogP contribution in [0.3, 0.4) is 0 Å². The smallest absolute Gasteiger partial charge is 0.308 e. The molecule has 300 valence electrons. The van der Waals surface area contributed by atoms with Gasteiger partial charge in [-0.3, -0.25) is 4.79 Å². The summed E-state index contributed by atoms with van der Waals surface area (Å²) in [7, 11) is 0. The summed E-state index contributed by atoms with van der Waals surface area (Å²) in [6.45, 7) is 18.2. The van der Waals surface area contributed by atoms with Gasteiger partial charge in [-0.1, -0.05) is 59.3 Å². The summed E-state index contributed by atoms with van der Waals surface area (Å²) in [5.74, 6) is -0.121. The second-order valence-electron chi connectivity index (χ2n) is 11.6. The summed E-state index contributed by atoms with van der Waals surface area (Å²) >= 11 is 0. The van der Waals surface area contributed by atoms with E-state index < -0.39 is 0 Å². The van der Waals surface area contributed by atoms with Crippen LogP contribution in [0.2, 0.25) is 0 Å². The molecule has 13 nitrogen and oxygen atoms in total. The molecule has 0 N–H and O–H groups in total. The average Bonchev–Trinajstić information content (AvgIpc) is 3.13. The summed E-state index contributed by atoms with van der Waals surface area (Å²) in [6.07, 6.45) is 10.1. The highest BCUT2D eigenvalue weighted by molar-refractivity contribution is 5.72. The lowest BCUT2D eigenvalue weighted by atomic mass is 10.00. The lowest BCUT2D eigenvalue weighted by Gasteiger charge is -2.13. The van der Waals surface area contributed by atoms with Crippen molar-refractivity contribution < 1.29 is 61.6 Å². The third-order valence-corrected chi connectivity index (χ3v) is 7.32. The van der Waals surface area contributed by atoms with Crippen LogP contribution in [0, 0.1) is 5.92 Å². The van der Waals surface area contributed by atoms with Crippen LogP contribution in [0.4, 0.5) is 0 Å². The molecule has 13 heteroatoms. The van der Waals surface area contributed by atoms with E-state index in [1.807, 2.05) is 6.92 Å². The van der Waals surface area contributed by atoms with Crippen molar-refractivity contribution in [1.82, 2.24) is 0 Å². The Bertz CT molecular complexity index is 644. The fourth-order valence-corrected chi connectivity index (χ4v) is 4.37. The number of unbranched alkanes of at least 4 members (excludes halogenated alkanes) is 5. The first kappa shape index (κ1) is 49.0. The van der Waals surface area contributed by atoms with E-state index in [1.54, 1.807) is 0 Å². The van der Waals surface area contributed by atoms with E-state index in [9.17, 15) is 4.79 Å². The lowest BCUT2D eigenvalue weighted by Crippen LogP contribution is -2.20. The number of esters is 1. The summed E-state index contributed by atoms with van der Waals surface area (Å²) < 4.78 is 65.7. The standard InChI is InChI=1S/C37H74O13/c1-4-7-9-10-11-13-39-14-15-40-16-17-41-18-19-42-20-21-43-22-23-44-24-25-45-26-27-46-28-29-47-30-31-48-32-33-49-34-35-50-37(38)36(6-3)12-8-5-2/h36H,4-35H2,1-3H3. The Morgan fingerprint density at radius 1 is 0.340 bits per heavy atom. The van der Waals surface area contributed by atoms with E-state index in [-0.39, 0.29) is 18.5 Å². The number of rotatable bonds is 44. The molecule has 50 heavy (non-hydrogen) atoms. The Morgan fingerprint density at radius 3 is 0.920 bits per heavy atom. The van der Waals surface area contributed by atoms with Crippen LogP contribution in [0.5, 0.6) is 0 Å². The molecule has 0 radical (unpaired) electrons. The van der Waals surface area contributed by atoms with Crippen LogP contribution in [0.25, 0.3) is 0 Å². The van der Waals surface area contributed by atoms with Crippen molar-refractivity contribution in [2.45, 2.75) is 78.6 Å². The molecular formula is C37H74O13. The Balaban J connectivity index is 3.13. The van der Waals surface area contributed by atoms with Crippen molar-refractivity contribution in [3.63, 3.8) is 0 Å². The third-order valence-electron chi connectivity index (χ3n) is 7.32. The molecule has 0 saturated carbocycles. The highest BCUT2D eigenvalue weighted by atomic mass is 16.6. The van der Waals surface area contributed by atoms with Crippen molar-refractivity contribution in [2.24, 2.45) is 5.92 Å². The minimum Gasteiger partial charge on any atom is -0.463 e. The van der Waals surface area contributed by atoms with Gasteiger partial charge in [0.15, 0.2) is 0 Å². The molecule has 0 aromatic carbocycles. The molecule has 0 rings (SSSR count). The zero-order valence-corrected chi connectivity index (χ0v) is 32.0. The van der Waals surface area contributed by atoms with Crippen LogP contribution in [-0.2, 0) is 61.6 Å². The zero-order valence-electron chi connectivity index (χ0n) is 32.0. The van der Waals surface area contributed by atoms with E-state index in [2.05, 4.69) is 13.8 Å². The van der Waals surface area contributed by atoms with Crippen LogP contribution in [-0.4, -0.2) is 158 Å². The minimum absolute atomic E-state index is 0.00267. The molecule has 0 heterocycles. The molecule has 0 aromatic heterocycles. The number of hydrogen-bond donors (Lipinski definition) is 0. The van der Waals surface area contributed by atoms with Gasteiger partial charge in [0.25, 0.3) is 0 Å². The van der Waals surface area contributed by atoms with Crippen LogP contribution < -0.4 is 0 Å². The van der Waals surface area contributed by atoms with Gasteiger partial charge in [0.1, 0.15) is 6.61 Å². The molecule has 0 spiro atoms. The molecule has 0 amide bonds. The SMILES string of the molecule is CCCCCCCOCCOCCOCCOCCOCCOCCOCCOCCOCCOCCOCCOC(=O)C(CC)CCCC. The number of carbonyl (C=O) groups is 1. The first-order valence-corrected chi connectivity index (χ1v) is 19.3. The Kier molecular flexibility index (Phi) is 43.3. The van der Waals surface area contributed by atoms with E-state index >= 15 is 0 Å². The molecule has 0 aliphatic carbocycles. The quantitative estimate of drug-likeness (QED) is 0.0625. The molecule has 0 aromatic rings. The number of hydrogen-bond acceptors (Lipinski definition) is 13. The number of carbonyl (C=O) groups excluding carboxylic acids is 1. The highest BCUT2D eigenvalue weighted by Crippen LogP contribution is 2.14. The second-order valence-corrected chi connectivity index (χ2v) is 11.6. The van der Waals surface area contributed by atoms with E-state index in [4.69, 9.17) is 56.8 Å². The highest BCUT2D eigenvalue weighted by Gasteiger charge is 2.16. The molecule has 0 saturated heterocycles. The van der Waals surface area contributed by atoms with Gasteiger partial charge in [0.2, 0.25) is 0 Å². The van der Waals surface area contributed by atoms with Crippen molar-refractivity contribution in [3.05, 3.63) is 0 Å². The first-order chi connectivity index (χ1) is 24.8. The Morgan fingerprint density at radius 2 is 0.620 bits per heavy atom. The topological polar surface area (TPSA) is 128 Å². The predicted octanol–water partition coefficient (Wildman–Crippen LogP) is 4.90. The number of ether oxygens (including phenoxy) is 12. The molecular weight excluding hydrogens is 652 g/mol. The van der Waals surface area contributed by atoms with Gasteiger partial charge >= 0.3 is 5.97 Å². The fraction of sp³-hybridized carbons (Fsp3) is 0.973. The Hall–Kier alpha value is -0.970. The predicted molar refractivity (Wildman–Crippen MR) is 192 cm³/mol. The first-order valence-electron chi connectivity index (χ1n) is 19.3. The van der Waals surface area contributed by atoms with Gasteiger partial charge in [-0.25, -0.2) is 0 Å².